The second-order valence-corrected chi connectivity index (χ2v) is 6.87. The minimum Gasteiger partial charge on any atom is -0.336 e. The van der Waals surface area contributed by atoms with E-state index in [1.165, 1.54) is 6.20 Å². The van der Waals surface area contributed by atoms with Crippen LogP contribution in [-0.2, 0) is 11.3 Å². The SMILES string of the molecule is Cc1cccc(C(C)C)c1NC(=O)Cn1cc(C#N)c(=O)c2ccccc21. The third-order valence-corrected chi connectivity index (χ3v) is 4.61. The minimum atomic E-state index is -0.314. The second kappa shape index (κ2) is 7.46. The molecule has 1 amide bonds. The maximum absolute atomic E-state index is 12.7. The van der Waals surface area contributed by atoms with Crippen LogP contribution in [0, 0.1) is 18.3 Å². The zero-order chi connectivity index (χ0) is 19.6. The number of benzene rings is 2. The normalized spacial score (nSPS) is 10.8. The van der Waals surface area contributed by atoms with Crippen LogP contribution >= 0.6 is 0 Å². The summed E-state index contributed by atoms with van der Waals surface area (Å²) in [6, 6.07) is 14.9. The Morgan fingerprint density at radius 3 is 2.63 bits per heavy atom. The van der Waals surface area contributed by atoms with E-state index in [4.69, 9.17) is 0 Å². The van der Waals surface area contributed by atoms with Gasteiger partial charge in [-0.2, -0.15) is 5.26 Å². The number of rotatable bonds is 4. The van der Waals surface area contributed by atoms with Gasteiger partial charge in [-0.05, 0) is 36.1 Å². The van der Waals surface area contributed by atoms with Crippen molar-refractivity contribution in [2.24, 2.45) is 0 Å². The van der Waals surface area contributed by atoms with Crippen LogP contribution in [0.5, 0.6) is 0 Å². The number of hydrogen-bond acceptors (Lipinski definition) is 3. The highest BCUT2D eigenvalue weighted by Gasteiger charge is 2.14. The van der Waals surface area contributed by atoms with Crippen molar-refractivity contribution >= 4 is 22.5 Å². The molecule has 0 fully saturated rings. The molecule has 5 heteroatoms. The topological polar surface area (TPSA) is 74.9 Å². The Hall–Kier alpha value is -3.39. The summed E-state index contributed by atoms with van der Waals surface area (Å²) in [5.41, 5.74) is 3.24. The fraction of sp³-hybridized carbons (Fsp3) is 0.227. The number of nitrogens with one attached hydrogen (secondary N) is 1. The summed E-state index contributed by atoms with van der Waals surface area (Å²) in [6.45, 7) is 6.14. The Bertz CT molecular complexity index is 1120. The number of pyridine rings is 1. The largest absolute Gasteiger partial charge is 0.336 e. The highest BCUT2D eigenvalue weighted by Crippen LogP contribution is 2.27. The predicted molar refractivity (Wildman–Crippen MR) is 107 cm³/mol. The molecule has 27 heavy (non-hydrogen) atoms. The summed E-state index contributed by atoms with van der Waals surface area (Å²) < 4.78 is 1.65. The molecule has 0 unspecified atom stereocenters. The molecule has 1 aromatic heterocycles. The van der Waals surface area contributed by atoms with Crippen molar-refractivity contribution in [1.82, 2.24) is 4.57 Å². The lowest BCUT2D eigenvalue weighted by Gasteiger charge is -2.17. The summed E-state index contributed by atoms with van der Waals surface area (Å²) >= 11 is 0. The molecule has 136 valence electrons. The van der Waals surface area contributed by atoms with Gasteiger partial charge in [0.25, 0.3) is 0 Å². The molecule has 5 nitrogen and oxygen atoms in total. The van der Waals surface area contributed by atoms with Crippen LogP contribution in [0.2, 0.25) is 0 Å². The molecule has 0 saturated carbocycles. The summed E-state index contributed by atoms with van der Waals surface area (Å²) in [5, 5.41) is 12.7. The van der Waals surface area contributed by atoms with Crippen LogP contribution in [0.3, 0.4) is 0 Å². The van der Waals surface area contributed by atoms with Crippen molar-refractivity contribution in [3.05, 3.63) is 75.6 Å². The van der Waals surface area contributed by atoms with E-state index in [9.17, 15) is 14.9 Å². The zero-order valence-corrected chi connectivity index (χ0v) is 15.6. The number of nitrogens with zero attached hydrogens (tertiary/aromatic N) is 2. The molecule has 0 bridgehead atoms. The number of hydrogen-bond donors (Lipinski definition) is 1. The van der Waals surface area contributed by atoms with Gasteiger partial charge in [-0.25, -0.2) is 0 Å². The smallest absolute Gasteiger partial charge is 0.244 e. The van der Waals surface area contributed by atoms with Gasteiger partial charge in [-0.15, -0.1) is 0 Å². The number of anilines is 1. The summed E-state index contributed by atoms with van der Waals surface area (Å²) in [4.78, 5) is 25.1. The lowest BCUT2D eigenvalue weighted by atomic mass is 9.98. The Labute approximate surface area is 157 Å². The quantitative estimate of drug-likeness (QED) is 0.766. The Morgan fingerprint density at radius 2 is 1.93 bits per heavy atom. The number of aromatic nitrogens is 1. The molecular weight excluding hydrogens is 338 g/mol. The van der Waals surface area contributed by atoms with Gasteiger partial charge in [0.2, 0.25) is 11.3 Å². The molecule has 3 aromatic rings. The van der Waals surface area contributed by atoms with E-state index in [2.05, 4.69) is 19.2 Å². The van der Waals surface area contributed by atoms with Gasteiger partial charge in [-0.3, -0.25) is 9.59 Å². The first-order chi connectivity index (χ1) is 12.9. The van der Waals surface area contributed by atoms with Gasteiger partial charge < -0.3 is 9.88 Å². The van der Waals surface area contributed by atoms with Gasteiger partial charge in [0.15, 0.2) is 0 Å². The van der Waals surface area contributed by atoms with Gasteiger partial charge >= 0.3 is 0 Å². The van der Waals surface area contributed by atoms with Gasteiger partial charge in [0.1, 0.15) is 18.2 Å². The molecule has 0 saturated heterocycles. The number of amides is 1. The first-order valence-electron chi connectivity index (χ1n) is 8.84. The van der Waals surface area contributed by atoms with Crippen LogP contribution in [-0.4, -0.2) is 10.5 Å². The first kappa shape index (κ1) is 18.4. The maximum atomic E-state index is 12.7. The highest BCUT2D eigenvalue weighted by atomic mass is 16.2. The molecule has 3 rings (SSSR count). The molecule has 2 aromatic carbocycles. The third-order valence-electron chi connectivity index (χ3n) is 4.61. The van der Waals surface area contributed by atoms with Crippen LogP contribution in [0.4, 0.5) is 5.69 Å². The van der Waals surface area contributed by atoms with Crippen molar-refractivity contribution < 1.29 is 4.79 Å². The van der Waals surface area contributed by atoms with E-state index < -0.39 is 0 Å². The van der Waals surface area contributed by atoms with E-state index in [1.54, 1.807) is 28.8 Å². The van der Waals surface area contributed by atoms with Crippen molar-refractivity contribution in [3.63, 3.8) is 0 Å². The molecule has 1 heterocycles. The summed E-state index contributed by atoms with van der Waals surface area (Å²) in [7, 11) is 0. The Morgan fingerprint density at radius 1 is 1.19 bits per heavy atom. The average molecular weight is 359 g/mol. The molecular formula is C22H21N3O2. The molecule has 1 N–H and O–H groups in total. The average Bonchev–Trinajstić information content (AvgIpc) is 2.65. The van der Waals surface area contributed by atoms with Crippen molar-refractivity contribution in [3.8, 4) is 6.07 Å². The van der Waals surface area contributed by atoms with E-state index in [-0.39, 0.29) is 29.4 Å². The molecule has 0 atom stereocenters. The number of fused-ring (bicyclic) bond motifs is 1. The van der Waals surface area contributed by atoms with Gasteiger partial charge in [0.05, 0.1) is 5.52 Å². The predicted octanol–water partition coefficient (Wildman–Crippen LogP) is 3.94. The van der Waals surface area contributed by atoms with Crippen LogP contribution in [0.1, 0.15) is 36.5 Å². The van der Waals surface area contributed by atoms with E-state index >= 15 is 0 Å². The Kier molecular flexibility index (Phi) is 5.09. The summed E-state index contributed by atoms with van der Waals surface area (Å²) in [5.74, 6) is 0.0718. The molecule has 0 aliphatic rings. The fourth-order valence-corrected chi connectivity index (χ4v) is 3.23. The molecule has 0 aliphatic heterocycles. The molecule has 0 spiro atoms. The number of carbonyl (C=O) groups excluding carboxylic acids is 1. The van der Waals surface area contributed by atoms with Gasteiger partial charge in [-0.1, -0.05) is 44.2 Å². The summed E-state index contributed by atoms with van der Waals surface area (Å²) in [6.07, 6.45) is 1.45. The fourth-order valence-electron chi connectivity index (χ4n) is 3.23. The van der Waals surface area contributed by atoms with Crippen molar-refractivity contribution in [1.29, 1.82) is 5.26 Å². The second-order valence-electron chi connectivity index (χ2n) is 6.87. The maximum Gasteiger partial charge on any atom is 0.244 e. The number of nitriles is 1. The lowest BCUT2D eigenvalue weighted by Crippen LogP contribution is -2.22. The minimum absolute atomic E-state index is 0.0152. The highest BCUT2D eigenvalue weighted by molar-refractivity contribution is 5.93. The number of para-hydroxylation sites is 2. The number of carbonyl (C=O) groups is 1. The monoisotopic (exact) mass is 359 g/mol. The number of aryl methyl sites for hydroxylation is 1. The molecule has 0 radical (unpaired) electrons. The van der Waals surface area contributed by atoms with Crippen LogP contribution in [0.25, 0.3) is 10.9 Å². The third kappa shape index (κ3) is 3.61. The van der Waals surface area contributed by atoms with Crippen molar-refractivity contribution in [2.45, 2.75) is 33.2 Å². The van der Waals surface area contributed by atoms with E-state index in [0.717, 1.165) is 16.8 Å². The standard InChI is InChI=1S/C22H21N3O2/c1-14(2)17-9-6-7-15(3)21(17)24-20(26)13-25-12-16(11-23)22(27)18-8-4-5-10-19(18)25/h4-10,12,14H,13H2,1-3H3,(H,24,26). The van der Waals surface area contributed by atoms with Crippen molar-refractivity contribution in [2.75, 3.05) is 5.32 Å². The zero-order valence-electron chi connectivity index (χ0n) is 15.6. The lowest BCUT2D eigenvalue weighted by molar-refractivity contribution is -0.116. The Balaban J connectivity index is 1.98. The van der Waals surface area contributed by atoms with Gasteiger partial charge in [0, 0.05) is 17.3 Å². The first-order valence-corrected chi connectivity index (χ1v) is 8.84. The molecule has 0 aliphatic carbocycles. The van der Waals surface area contributed by atoms with E-state index in [0.29, 0.717) is 10.9 Å². The van der Waals surface area contributed by atoms with Crippen LogP contribution in [0.15, 0.2) is 53.5 Å². The van der Waals surface area contributed by atoms with E-state index in [1.807, 2.05) is 31.2 Å². The van der Waals surface area contributed by atoms with Crippen LogP contribution < -0.4 is 10.7 Å².